The zero-order chi connectivity index (χ0) is 13.2. The van der Waals surface area contributed by atoms with Gasteiger partial charge in [-0.05, 0) is 44.1 Å². The van der Waals surface area contributed by atoms with Crippen LogP contribution in [0, 0.1) is 5.92 Å². The van der Waals surface area contributed by atoms with Crippen molar-refractivity contribution in [2.45, 2.75) is 11.3 Å². The van der Waals surface area contributed by atoms with Crippen molar-refractivity contribution in [1.29, 1.82) is 0 Å². The number of rotatable bonds is 4. The molecular formula is C12H17ClN2O2S. The van der Waals surface area contributed by atoms with Gasteiger partial charge >= 0.3 is 0 Å². The van der Waals surface area contributed by atoms with E-state index in [9.17, 15) is 8.42 Å². The van der Waals surface area contributed by atoms with Gasteiger partial charge in [0.05, 0.1) is 4.90 Å². The highest BCUT2D eigenvalue weighted by Crippen LogP contribution is 2.25. The summed E-state index contributed by atoms with van der Waals surface area (Å²) in [6.45, 7) is 2.01. The average molecular weight is 289 g/mol. The summed E-state index contributed by atoms with van der Waals surface area (Å²) in [5, 5.41) is 3.53. The number of hydrogen-bond acceptors (Lipinski definition) is 3. The van der Waals surface area contributed by atoms with Gasteiger partial charge in [0.2, 0.25) is 10.0 Å². The maximum absolute atomic E-state index is 12.4. The minimum atomic E-state index is -3.39. The van der Waals surface area contributed by atoms with Gasteiger partial charge in [-0.3, -0.25) is 0 Å². The Morgan fingerprint density at radius 2 is 2.28 bits per heavy atom. The van der Waals surface area contributed by atoms with Crippen molar-refractivity contribution in [2.24, 2.45) is 5.92 Å². The van der Waals surface area contributed by atoms with Crippen molar-refractivity contribution in [3.8, 4) is 0 Å². The second-order valence-electron chi connectivity index (χ2n) is 4.53. The van der Waals surface area contributed by atoms with Crippen LogP contribution in [-0.4, -0.2) is 39.4 Å². The highest BCUT2D eigenvalue weighted by Gasteiger charge is 2.32. The number of halogens is 1. The monoisotopic (exact) mass is 288 g/mol. The van der Waals surface area contributed by atoms with E-state index in [4.69, 9.17) is 11.6 Å². The molecule has 1 heterocycles. The fraction of sp³-hybridized carbons (Fsp3) is 0.500. The van der Waals surface area contributed by atoms with Gasteiger partial charge in [0, 0.05) is 18.1 Å². The molecule has 1 aliphatic heterocycles. The number of benzene rings is 1. The average Bonchev–Trinajstić information content (AvgIpc) is 2.79. The maximum atomic E-state index is 12.4. The van der Waals surface area contributed by atoms with Crippen LogP contribution >= 0.6 is 11.6 Å². The SMILES string of the molecule is CNC[C@H]1CCN(S(=O)(=O)c2cccc(Cl)c2)C1. The van der Waals surface area contributed by atoms with E-state index in [1.54, 1.807) is 22.5 Å². The Bertz CT molecular complexity index is 519. The molecule has 1 aromatic carbocycles. The zero-order valence-corrected chi connectivity index (χ0v) is 11.8. The van der Waals surface area contributed by atoms with E-state index in [0.29, 0.717) is 24.0 Å². The molecule has 2 rings (SSSR count). The highest BCUT2D eigenvalue weighted by atomic mass is 35.5. The summed E-state index contributed by atoms with van der Waals surface area (Å²) < 4.78 is 26.3. The van der Waals surface area contributed by atoms with Crippen LogP contribution in [0.4, 0.5) is 0 Å². The summed E-state index contributed by atoms with van der Waals surface area (Å²) in [6.07, 6.45) is 0.903. The van der Waals surface area contributed by atoms with E-state index in [1.807, 2.05) is 7.05 Å². The standard InChI is InChI=1S/C12H17ClN2O2S/c1-14-8-10-5-6-15(9-10)18(16,17)12-4-2-3-11(13)7-12/h2-4,7,10,14H,5-6,8-9H2,1H3/t10-/m1/s1. The number of nitrogens with one attached hydrogen (secondary N) is 1. The molecule has 0 amide bonds. The molecule has 0 radical (unpaired) electrons. The number of nitrogens with zero attached hydrogens (tertiary/aromatic N) is 1. The molecule has 0 saturated carbocycles. The van der Waals surface area contributed by atoms with Gasteiger partial charge in [-0.1, -0.05) is 17.7 Å². The fourth-order valence-corrected chi connectivity index (χ4v) is 4.08. The van der Waals surface area contributed by atoms with Crippen LogP contribution < -0.4 is 5.32 Å². The van der Waals surface area contributed by atoms with Crippen molar-refractivity contribution in [2.75, 3.05) is 26.7 Å². The van der Waals surface area contributed by atoms with Gasteiger partial charge in [0.1, 0.15) is 0 Å². The van der Waals surface area contributed by atoms with Gasteiger partial charge in [0.25, 0.3) is 0 Å². The minimum absolute atomic E-state index is 0.278. The minimum Gasteiger partial charge on any atom is -0.319 e. The Morgan fingerprint density at radius 1 is 1.50 bits per heavy atom. The van der Waals surface area contributed by atoms with Crippen LogP contribution in [-0.2, 0) is 10.0 Å². The van der Waals surface area contributed by atoms with E-state index < -0.39 is 10.0 Å². The quantitative estimate of drug-likeness (QED) is 0.915. The van der Waals surface area contributed by atoms with Gasteiger partial charge in [-0.15, -0.1) is 0 Å². The zero-order valence-electron chi connectivity index (χ0n) is 10.3. The summed E-state index contributed by atoms with van der Waals surface area (Å²) in [4.78, 5) is 0.278. The third-order valence-electron chi connectivity index (χ3n) is 3.18. The molecule has 1 atom stereocenters. The van der Waals surface area contributed by atoms with Crippen LogP contribution in [0.5, 0.6) is 0 Å². The Kier molecular flexibility index (Phi) is 4.27. The summed E-state index contributed by atoms with van der Waals surface area (Å²) in [6, 6.07) is 6.43. The lowest BCUT2D eigenvalue weighted by Gasteiger charge is -2.16. The lowest BCUT2D eigenvalue weighted by atomic mass is 10.1. The van der Waals surface area contributed by atoms with Crippen LogP contribution in [0.1, 0.15) is 6.42 Å². The van der Waals surface area contributed by atoms with Crippen LogP contribution in [0.2, 0.25) is 5.02 Å². The second kappa shape index (κ2) is 5.57. The Balaban J connectivity index is 2.18. The van der Waals surface area contributed by atoms with E-state index in [1.165, 1.54) is 6.07 Å². The molecule has 0 aromatic heterocycles. The van der Waals surface area contributed by atoms with Gasteiger partial charge in [-0.25, -0.2) is 8.42 Å². The molecule has 1 fully saturated rings. The number of hydrogen-bond donors (Lipinski definition) is 1. The van der Waals surface area contributed by atoms with Crippen LogP contribution in [0.25, 0.3) is 0 Å². The van der Waals surface area contributed by atoms with Crippen LogP contribution in [0.3, 0.4) is 0 Å². The van der Waals surface area contributed by atoms with E-state index >= 15 is 0 Å². The topological polar surface area (TPSA) is 49.4 Å². The highest BCUT2D eigenvalue weighted by molar-refractivity contribution is 7.89. The first-order valence-electron chi connectivity index (χ1n) is 5.94. The summed E-state index contributed by atoms with van der Waals surface area (Å²) in [5.74, 6) is 0.393. The Hall–Kier alpha value is -0.620. The van der Waals surface area contributed by atoms with Gasteiger partial charge < -0.3 is 5.32 Å². The van der Waals surface area contributed by atoms with Crippen molar-refractivity contribution < 1.29 is 8.42 Å². The molecule has 0 aliphatic carbocycles. The molecule has 4 nitrogen and oxygen atoms in total. The molecule has 1 aromatic rings. The fourth-order valence-electron chi connectivity index (χ4n) is 2.25. The van der Waals surface area contributed by atoms with E-state index in [0.717, 1.165) is 13.0 Å². The van der Waals surface area contributed by atoms with Crippen LogP contribution in [0.15, 0.2) is 29.2 Å². The van der Waals surface area contributed by atoms with Crippen molar-refractivity contribution in [3.05, 3.63) is 29.3 Å². The van der Waals surface area contributed by atoms with E-state index in [2.05, 4.69) is 5.32 Å². The van der Waals surface area contributed by atoms with Gasteiger partial charge in [0.15, 0.2) is 0 Å². The first-order chi connectivity index (χ1) is 8.54. The Morgan fingerprint density at radius 3 is 2.94 bits per heavy atom. The second-order valence-corrected chi connectivity index (χ2v) is 6.91. The molecule has 100 valence electrons. The lowest BCUT2D eigenvalue weighted by molar-refractivity contribution is 0.451. The summed E-state index contributed by atoms with van der Waals surface area (Å²) in [7, 11) is -1.51. The third-order valence-corrected chi connectivity index (χ3v) is 5.27. The molecule has 0 bridgehead atoms. The van der Waals surface area contributed by atoms with Crippen molar-refractivity contribution in [1.82, 2.24) is 9.62 Å². The van der Waals surface area contributed by atoms with Crippen molar-refractivity contribution in [3.63, 3.8) is 0 Å². The molecule has 0 unspecified atom stereocenters. The third kappa shape index (κ3) is 2.85. The summed E-state index contributed by atoms with van der Waals surface area (Å²) >= 11 is 5.84. The Labute approximate surface area is 113 Å². The number of sulfonamides is 1. The normalized spacial score (nSPS) is 21.3. The largest absolute Gasteiger partial charge is 0.319 e. The molecule has 18 heavy (non-hydrogen) atoms. The predicted molar refractivity (Wildman–Crippen MR) is 72.2 cm³/mol. The molecule has 6 heteroatoms. The lowest BCUT2D eigenvalue weighted by Crippen LogP contribution is -2.30. The van der Waals surface area contributed by atoms with Gasteiger partial charge in [-0.2, -0.15) is 4.31 Å². The smallest absolute Gasteiger partial charge is 0.243 e. The first-order valence-corrected chi connectivity index (χ1v) is 7.76. The summed E-state index contributed by atoms with van der Waals surface area (Å²) in [5.41, 5.74) is 0. The molecule has 1 aliphatic rings. The van der Waals surface area contributed by atoms with Crippen molar-refractivity contribution >= 4 is 21.6 Å². The molecule has 0 spiro atoms. The molecular weight excluding hydrogens is 272 g/mol. The first kappa shape index (κ1) is 13.8. The molecule has 1 N–H and O–H groups in total. The maximum Gasteiger partial charge on any atom is 0.243 e. The molecule has 1 saturated heterocycles. The van der Waals surface area contributed by atoms with E-state index in [-0.39, 0.29) is 4.90 Å². The predicted octanol–water partition coefficient (Wildman–Crippen LogP) is 1.57.